The van der Waals surface area contributed by atoms with E-state index < -0.39 is 7.60 Å². The molecule has 0 unspecified atom stereocenters. The summed E-state index contributed by atoms with van der Waals surface area (Å²) in [6.07, 6.45) is 1.32. The predicted octanol–water partition coefficient (Wildman–Crippen LogP) is 3.57. The van der Waals surface area contributed by atoms with Crippen LogP contribution >= 0.6 is 7.60 Å². The van der Waals surface area contributed by atoms with Crippen LogP contribution in [0.4, 0.5) is 0 Å². The Morgan fingerprint density at radius 1 is 1.00 bits per heavy atom. The van der Waals surface area contributed by atoms with Gasteiger partial charge in [0, 0.05) is 0 Å². The summed E-state index contributed by atoms with van der Waals surface area (Å²) in [5.74, 6) is 0. The number of aryl methyl sites for hydroxylation is 4. The lowest BCUT2D eigenvalue weighted by molar-refractivity contribution is 0.387. The molecule has 2 rings (SSSR count). The van der Waals surface area contributed by atoms with Gasteiger partial charge in [0.15, 0.2) is 0 Å². The van der Waals surface area contributed by atoms with Gasteiger partial charge in [0.05, 0.1) is 5.30 Å². The van der Waals surface area contributed by atoms with Crippen LogP contribution in [-0.2, 0) is 17.4 Å². The molecular formula is C18H23O3P. The van der Waals surface area contributed by atoms with E-state index in [4.69, 9.17) is 0 Å². The van der Waals surface area contributed by atoms with Crippen molar-refractivity contribution in [3.05, 3.63) is 63.7 Å². The lowest BCUT2D eigenvalue weighted by Crippen LogP contribution is -2.15. The van der Waals surface area contributed by atoms with Gasteiger partial charge in [-0.05, 0) is 67.5 Å². The number of hydrogen-bond donors (Lipinski definition) is 2. The van der Waals surface area contributed by atoms with Crippen LogP contribution in [0.3, 0.4) is 0 Å². The first-order valence-corrected chi connectivity index (χ1v) is 9.09. The van der Waals surface area contributed by atoms with Gasteiger partial charge in [0.25, 0.3) is 0 Å². The SMILES string of the molecule is CCc1cccc(P(=O)(O)O)c1Cc1c(C)cc(C)cc1C. The van der Waals surface area contributed by atoms with Crippen LogP contribution in [0.15, 0.2) is 30.3 Å². The molecule has 22 heavy (non-hydrogen) atoms. The van der Waals surface area contributed by atoms with Gasteiger partial charge in [0.2, 0.25) is 0 Å². The van der Waals surface area contributed by atoms with E-state index in [-0.39, 0.29) is 5.30 Å². The summed E-state index contributed by atoms with van der Waals surface area (Å²) in [5, 5.41) is 0.159. The molecule has 2 aromatic rings. The first-order valence-electron chi connectivity index (χ1n) is 7.47. The van der Waals surface area contributed by atoms with Gasteiger partial charge in [-0.2, -0.15) is 0 Å². The van der Waals surface area contributed by atoms with Crippen molar-refractivity contribution in [3.8, 4) is 0 Å². The highest BCUT2D eigenvalue weighted by molar-refractivity contribution is 7.60. The summed E-state index contributed by atoms with van der Waals surface area (Å²) >= 11 is 0. The summed E-state index contributed by atoms with van der Waals surface area (Å²) in [4.78, 5) is 19.3. The largest absolute Gasteiger partial charge is 0.356 e. The number of rotatable bonds is 4. The third kappa shape index (κ3) is 3.49. The van der Waals surface area contributed by atoms with Gasteiger partial charge in [-0.15, -0.1) is 0 Å². The van der Waals surface area contributed by atoms with Crippen LogP contribution < -0.4 is 5.30 Å². The van der Waals surface area contributed by atoms with Crippen molar-refractivity contribution in [2.45, 2.75) is 40.5 Å². The maximum absolute atomic E-state index is 11.8. The molecule has 0 radical (unpaired) electrons. The summed E-state index contributed by atoms with van der Waals surface area (Å²) in [7, 11) is -4.27. The maximum Gasteiger partial charge on any atom is 0.356 e. The van der Waals surface area contributed by atoms with E-state index in [1.165, 1.54) is 16.7 Å². The molecule has 0 atom stereocenters. The van der Waals surface area contributed by atoms with Crippen LogP contribution in [0.1, 0.15) is 40.3 Å². The Kier molecular flexibility index (Phi) is 4.91. The Hall–Kier alpha value is -1.41. The second-order valence-corrected chi connectivity index (χ2v) is 7.44. The highest BCUT2D eigenvalue weighted by Crippen LogP contribution is 2.36. The van der Waals surface area contributed by atoms with Gasteiger partial charge >= 0.3 is 7.60 Å². The molecule has 2 aromatic carbocycles. The molecule has 0 spiro atoms. The highest BCUT2D eigenvalue weighted by atomic mass is 31.2. The minimum absolute atomic E-state index is 0.159. The smallest absolute Gasteiger partial charge is 0.321 e. The van der Waals surface area contributed by atoms with Crippen molar-refractivity contribution in [2.75, 3.05) is 0 Å². The van der Waals surface area contributed by atoms with E-state index in [2.05, 4.69) is 32.9 Å². The summed E-state index contributed by atoms with van der Waals surface area (Å²) in [6.45, 7) is 8.18. The molecule has 0 heterocycles. The summed E-state index contributed by atoms with van der Waals surface area (Å²) in [6, 6.07) is 9.47. The van der Waals surface area contributed by atoms with E-state index in [1.54, 1.807) is 12.1 Å². The first-order chi connectivity index (χ1) is 10.2. The van der Waals surface area contributed by atoms with Crippen molar-refractivity contribution in [1.82, 2.24) is 0 Å². The topological polar surface area (TPSA) is 57.5 Å². The molecular weight excluding hydrogens is 295 g/mol. The molecule has 0 amide bonds. The second-order valence-electron chi connectivity index (χ2n) is 5.87. The lowest BCUT2D eigenvalue weighted by atomic mass is 9.91. The van der Waals surface area contributed by atoms with Gasteiger partial charge in [-0.1, -0.05) is 36.8 Å². The quantitative estimate of drug-likeness (QED) is 0.847. The molecule has 0 fully saturated rings. The van der Waals surface area contributed by atoms with Crippen LogP contribution in [0.2, 0.25) is 0 Å². The Morgan fingerprint density at radius 2 is 1.59 bits per heavy atom. The van der Waals surface area contributed by atoms with Crippen LogP contribution in [0.5, 0.6) is 0 Å². The van der Waals surface area contributed by atoms with E-state index in [1.807, 2.05) is 13.0 Å². The Bertz CT molecular complexity index is 721. The zero-order valence-corrected chi connectivity index (χ0v) is 14.4. The Morgan fingerprint density at radius 3 is 2.09 bits per heavy atom. The van der Waals surface area contributed by atoms with E-state index >= 15 is 0 Å². The monoisotopic (exact) mass is 318 g/mol. The molecule has 0 saturated heterocycles. The zero-order chi connectivity index (χ0) is 16.5. The van der Waals surface area contributed by atoms with Crippen molar-refractivity contribution < 1.29 is 14.4 Å². The van der Waals surface area contributed by atoms with Crippen LogP contribution in [0, 0.1) is 20.8 Å². The van der Waals surface area contributed by atoms with Gasteiger partial charge in [0.1, 0.15) is 0 Å². The fourth-order valence-electron chi connectivity index (χ4n) is 3.09. The highest BCUT2D eigenvalue weighted by Gasteiger charge is 2.23. The molecule has 0 aliphatic heterocycles. The molecule has 118 valence electrons. The Labute approximate surface area is 132 Å². The van der Waals surface area contributed by atoms with Gasteiger partial charge < -0.3 is 9.79 Å². The average molecular weight is 318 g/mol. The fourth-order valence-corrected chi connectivity index (χ4v) is 3.95. The van der Waals surface area contributed by atoms with Gasteiger partial charge in [-0.3, -0.25) is 4.57 Å². The fraction of sp³-hybridized carbons (Fsp3) is 0.333. The predicted molar refractivity (Wildman–Crippen MR) is 91.0 cm³/mol. The molecule has 4 heteroatoms. The standard InChI is InChI=1S/C18H23O3P/c1-5-15-7-6-8-18(22(19,20)21)17(15)11-16-13(3)9-12(2)10-14(16)4/h6-10H,5,11H2,1-4H3,(H2,19,20,21). The van der Waals surface area contributed by atoms with Gasteiger partial charge in [-0.25, -0.2) is 0 Å². The number of benzene rings is 2. The average Bonchev–Trinajstić information content (AvgIpc) is 2.41. The van der Waals surface area contributed by atoms with Crippen LogP contribution in [0.25, 0.3) is 0 Å². The summed E-state index contributed by atoms with van der Waals surface area (Å²) in [5.41, 5.74) is 6.47. The van der Waals surface area contributed by atoms with Crippen molar-refractivity contribution >= 4 is 12.9 Å². The van der Waals surface area contributed by atoms with Crippen molar-refractivity contribution in [3.63, 3.8) is 0 Å². The minimum Gasteiger partial charge on any atom is -0.321 e. The third-order valence-electron chi connectivity index (χ3n) is 4.14. The normalized spacial score (nSPS) is 11.7. The Balaban J connectivity index is 2.61. The molecule has 2 N–H and O–H groups in total. The second kappa shape index (κ2) is 6.37. The number of hydrogen-bond acceptors (Lipinski definition) is 1. The minimum atomic E-state index is -4.27. The van der Waals surface area contributed by atoms with E-state index in [0.717, 1.165) is 23.1 Å². The third-order valence-corrected chi connectivity index (χ3v) is 5.18. The molecule has 0 aliphatic carbocycles. The molecule has 0 bridgehead atoms. The van der Waals surface area contributed by atoms with E-state index in [9.17, 15) is 14.4 Å². The maximum atomic E-state index is 11.8. The molecule has 0 aliphatic rings. The molecule has 3 nitrogen and oxygen atoms in total. The summed E-state index contributed by atoms with van der Waals surface area (Å²) < 4.78 is 11.8. The molecule has 0 saturated carbocycles. The first kappa shape index (κ1) is 17.0. The molecule has 0 aromatic heterocycles. The van der Waals surface area contributed by atoms with Crippen molar-refractivity contribution in [2.24, 2.45) is 0 Å². The van der Waals surface area contributed by atoms with E-state index in [0.29, 0.717) is 6.42 Å². The lowest BCUT2D eigenvalue weighted by Gasteiger charge is -2.18. The van der Waals surface area contributed by atoms with Crippen molar-refractivity contribution in [1.29, 1.82) is 0 Å². The zero-order valence-electron chi connectivity index (χ0n) is 13.6. The van der Waals surface area contributed by atoms with Crippen LogP contribution in [-0.4, -0.2) is 9.79 Å².